The number of nitriles is 1. The molecule has 1 fully saturated rings. The molecule has 3 heterocycles. The van der Waals surface area contributed by atoms with Crippen LogP contribution < -0.4 is 5.32 Å². The summed E-state index contributed by atoms with van der Waals surface area (Å²) in [6.45, 7) is 4.83. The predicted molar refractivity (Wildman–Crippen MR) is 88.4 cm³/mol. The van der Waals surface area contributed by atoms with Crippen molar-refractivity contribution in [2.45, 2.75) is 44.1 Å². The molecule has 0 saturated carbocycles. The third-order valence-corrected chi connectivity index (χ3v) is 7.86. The second-order valence-electron chi connectivity index (χ2n) is 6.83. The molecule has 0 bridgehead atoms. The second-order valence-corrected chi connectivity index (χ2v) is 12.2. The van der Waals surface area contributed by atoms with Gasteiger partial charge in [0, 0.05) is 25.7 Å². The van der Waals surface area contributed by atoms with E-state index >= 15 is 0 Å². The quantitative estimate of drug-likeness (QED) is 0.836. The summed E-state index contributed by atoms with van der Waals surface area (Å²) in [6, 6.07) is 8.31. The first-order chi connectivity index (χ1) is 10.5. The Hall–Kier alpha value is -2.13. The van der Waals surface area contributed by atoms with Crippen molar-refractivity contribution in [2.24, 2.45) is 0 Å². The standard InChI is InChI=1S/C16H20N4OSi/c1-22(2)7-4-12(5-8-22)19-16(21)14-9-13-11(10-17)3-6-18-15(13)20-14/h3,6,9,12H,4-5,7-8H2,1-2H3,(H,18,20)(H,19,21). The highest BCUT2D eigenvalue weighted by Crippen LogP contribution is 2.28. The number of amides is 1. The predicted octanol–water partition coefficient (Wildman–Crippen LogP) is 3.04. The molecule has 5 nitrogen and oxygen atoms in total. The van der Waals surface area contributed by atoms with Crippen LogP contribution in [0.15, 0.2) is 18.3 Å². The van der Waals surface area contributed by atoms with Crippen LogP contribution in [0.4, 0.5) is 0 Å². The van der Waals surface area contributed by atoms with Crippen LogP contribution >= 0.6 is 0 Å². The lowest BCUT2D eigenvalue weighted by atomic mass is 10.1. The van der Waals surface area contributed by atoms with Crippen LogP contribution in [0.1, 0.15) is 28.9 Å². The smallest absolute Gasteiger partial charge is 0.267 e. The van der Waals surface area contributed by atoms with Gasteiger partial charge in [0.15, 0.2) is 0 Å². The number of carbonyl (C=O) groups is 1. The van der Waals surface area contributed by atoms with Crippen molar-refractivity contribution in [1.82, 2.24) is 15.3 Å². The largest absolute Gasteiger partial charge is 0.348 e. The molecule has 0 aliphatic carbocycles. The minimum atomic E-state index is -1.01. The maximum absolute atomic E-state index is 12.4. The molecule has 0 atom stereocenters. The number of rotatable bonds is 2. The van der Waals surface area contributed by atoms with Gasteiger partial charge in [-0.25, -0.2) is 4.98 Å². The number of hydrogen-bond acceptors (Lipinski definition) is 3. The summed E-state index contributed by atoms with van der Waals surface area (Å²) in [7, 11) is -1.01. The van der Waals surface area contributed by atoms with Crippen molar-refractivity contribution in [3.05, 3.63) is 29.6 Å². The summed E-state index contributed by atoms with van der Waals surface area (Å²) in [6.07, 6.45) is 3.73. The van der Waals surface area contributed by atoms with Gasteiger partial charge in [-0.05, 0) is 25.0 Å². The van der Waals surface area contributed by atoms with Gasteiger partial charge in [-0.15, -0.1) is 0 Å². The summed E-state index contributed by atoms with van der Waals surface area (Å²) in [5.41, 5.74) is 1.60. The van der Waals surface area contributed by atoms with Crippen molar-refractivity contribution in [3.8, 4) is 6.07 Å². The third-order valence-electron chi connectivity index (χ3n) is 4.57. The number of hydrogen-bond donors (Lipinski definition) is 2. The number of aromatic amines is 1. The molecule has 6 heteroatoms. The summed E-state index contributed by atoms with van der Waals surface area (Å²) in [5.74, 6) is -0.103. The van der Waals surface area contributed by atoms with E-state index in [0.717, 1.165) is 12.8 Å². The molecule has 0 radical (unpaired) electrons. The Morgan fingerprint density at radius 3 is 2.86 bits per heavy atom. The average Bonchev–Trinajstić information content (AvgIpc) is 2.93. The zero-order valence-corrected chi connectivity index (χ0v) is 13.9. The van der Waals surface area contributed by atoms with Gasteiger partial charge in [0.2, 0.25) is 0 Å². The van der Waals surface area contributed by atoms with E-state index < -0.39 is 8.07 Å². The number of nitrogens with zero attached hydrogens (tertiary/aromatic N) is 2. The lowest BCUT2D eigenvalue weighted by molar-refractivity contribution is 0.0929. The first-order valence-electron chi connectivity index (χ1n) is 7.67. The monoisotopic (exact) mass is 312 g/mol. The van der Waals surface area contributed by atoms with Crippen LogP contribution in [0.5, 0.6) is 0 Å². The van der Waals surface area contributed by atoms with E-state index in [4.69, 9.17) is 5.26 Å². The van der Waals surface area contributed by atoms with Crippen molar-refractivity contribution >= 4 is 25.0 Å². The van der Waals surface area contributed by atoms with E-state index in [1.807, 2.05) is 0 Å². The van der Waals surface area contributed by atoms with Crippen molar-refractivity contribution in [2.75, 3.05) is 0 Å². The fourth-order valence-corrected chi connectivity index (χ4v) is 5.56. The molecule has 1 aliphatic rings. The number of nitrogens with one attached hydrogen (secondary N) is 2. The molecule has 0 spiro atoms. The van der Waals surface area contributed by atoms with Gasteiger partial charge in [-0.2, -0.15) is 5.26 Å². The number of pyridine rings is 1. The van der Waals surface area contributed by atoms with E-state index in [0.29, 0.717) is 22.3 Å². The first kappa shape index (κ1) is 14.8. The topological polar surface area (TPSA) is 81.6 Å². The molecular weight excluding hydrogens is 292 g/mol. The Morgan fingerprint density at radius 1 is 1.45 bits per heavy atom. The SMILES string of the molecule is C[Si]1(C)CCC(NC(=O)c2cc3c(C#N)ccnc3[nH]2)CC1. The molecule has 1 saturated heterocycles. The van der Waals surface area contributed by atoms with Gasteiger partial charge in [-0.1, -0.05) is 25.2 Å². The number of aromatic nitrogens is 2. The molecule has 0 unspecified atom stereocenters. The van der Waals surface area contributed by atoms with Crippen LogP contribution in [-0.4, -0.2) is 30.0 Å². The van der Waals surface area contributed by atoms with E-state index in [1.165, 1.54) is 12.1 Å². The highest BCUT2D eigenvalue weighted by atomic mass is 28.3. The lowest BCUT2D eigenvalue weighted by Gasteiger charge is -2.33. The Kier molecular flexibility index (Phi) is 3.75. The van der Waals surface area contributed by atoms with Crippen molar-refractivity contribution < 1.29 is 4.79 Å². The Morgan fingerprint density at radius 2 is 2.18 bits per heavy atom. The average molecular weight is 312 g/mol. The van der Waals surface area contributed by atoms with Crippen LogP contribution in [-0.2, 0) is 0 Å². The van der Waals surface area contributed by atoms with Gasteiger partial charge in [0.25, 0.3) is 5.91 Å². The molecule has 0 aromatic carbocycles. The molecule has 2 aromatic rings. The highest BCUT2D eigenvalue weighted by Gasteiger charge is 2.29. The van der Waals surface area contributed by atoms with Crippen molar-refractivity contribution in [1.29, 1.82) is 5.26 Å². The second kappa shape index (κ2) is 5.58. The number of carbonyl (C=O) groups excluding carboxylic acids is 1. The lowest BCUT2D eigenvalue weighted by Crippen LogP contribution is -2.42. The highest BCUT2D eigenvalue weighted by molar-refractivity contribution is 6.77. The molecule has 2 aromatic heterocycles. The summed E-state index contributed by atoms with van der Waals surface area (Å²) in [4.78, 5) is 19.6. The van der Waals surface area contributed by atoms with E-state index in [2.05, 4.69) is 34.4 Å². The fraction of sp³-hybridized carbons (Fsp3) is 0.438. The molecule has 2 N–H and O–H groups in total. The Labute approximate surface area is 130 Å². The van der Waals surface area contributed by atoms with Crippen LogP contribution in [0.25, 0.3) is 11.0 Å². The van der Waals surface area contributed by atoms with E-state index in [9.17, 15) is 4.79 Å². The summed E-state index contributed by atoms with van der Waals surface area (Å²) < 4.78 is 0. The maximum atomic E-state index is 12.4. The van der Waals surface area contributed by atoms with Gasteiger partial charge in [-0.3, -0.25) is 4.79 Å². The molecule has 22 heavy (non-hydrogen) atoms. The van der Waals surface area contributed by atoms with Crippen molar-refractivity contribution in [3.63, 3.8) is 0 Å². The van der Waals surface area contributed by atoms with Gasteiger partial charge in [0.1, 0.15) is 11.3 Å². The summed E-state index contributed by atoms with van der Waals surface area (Å²) in [5, 5.41) is 12.9. The molecule has 1 aliphatic heterocycles. The maximum Gasteiger partial charge on any atom is 0.267 e. The number of fused-ring (bicyclic) bond motifs is 1. The third kappa shape index (κ3) is 2.90. The molecule has 1 amide bonds. The molecule has 3 rings (SSSR count). The minimum Gasteiger partial charge on any atom is -0.348 e. The Balaban J connectivity index is 1.75. The number of H-pyrrole nitrogens is 1. The first-order valence-corrected chi connectivity index (χ1v) is 11.1. The minimum absolute atomic E-state index is 0.103. The van der Waals surface area contributed by atoms with Crippen LogP contribution in [0.3, 0.4) is 0 Å². The molecular formula is C16H20N4OSi. The molecule has 114 valence electrons. The van der Waals surface area contributed by atoms with Gasteiger partial charge >= 0.3 is 0 Å². The zero-order chi connectivity index (χ0) is 15.7. The van der Waals surface area contributed by atoms with E-state index in [-0.39, 0.29) is 11.9 Å². The summed E-state index contributed by atoms with van der Waals surface area (Å²) >= 11 is 0. The Bertz CT molecular complexity index is 749. The van der Waals surface area contributed by atoms with Crippen LogP contribution in [0, 0.1) is 11.3 Å². The zero-order valence-electron chi connectivity index (χ0n) is 12.9. The van der Waals surface area contributed by atoms with Crippen LogP contribution in [0.2, 0.25) is 25.2 Å². The fourth-order valence-electron chi connectivity index (χ4n) is 3.05. The van der Waals surface area contributed by atoms with Gasteiger partial charge in [0.05, 0.1) is 11.6 Å². The normalized spacial score (nSPS) is 18.0. The van der Waals surface area contributed by atoms with Gasteiger partial charge < -0.3 is 10.3 Å². The van der Waals surface area contributed by atoms with E-state index in [1.54, 1.807) is 18.3 Å².